The minimum atomic E-state index is 0.322. The number of phenolic OH excluding ortho intramolecular Hbond substituents is 1. The van der Waals surface area contributed by atoms with Crippen molar-refractivity contribution in [3.05, 3.63) is 29.8 Å². The Morgan fingerprint density at radius 1 is 1.27 bits per heavy atom. The second-order valence-corrected chi connectivity index (χ2v) is 4.85. The molecule has 82 valence electrons. The quantitative estimate of drug-likeness (QED) is 0.772. The maximum Gasteiger partial charge on any atom is 0.115 e. The van der Waals surface area contributed by atoms with Gasteiger partial charge < -0.3 is 10.4 Å². The van der Waals surface area contributed by atoms with Gasteiger partial charge in [-0.3, -0.25) is 0 Å². The molecule has 1 aromatic rings. The molecule has 0 bridgehead atoms. The molecule has 0 radical (unpaired) electrons. The minimum Gasteiger partial charge on any atom is -0.508 e. The van der Waals surface area contributed by atoms with Crippen molar-refractivity contribution in [1.29, 1.82) is 0 Å². The van der Waals surface area contributed by atoms with Gasteiger partial charge in [0.25, 0.3) is 0 Å². The van der Waals surface area contributed by atoms with Crippen molar-refractivity contribution in [1.82, 2.24) is 5.32 Å². The number of hydrogen-bond acceptors (Lipinski definition) is 2. The van der Waals surface area contributed by atoms with Crippen LogP contribution in [0, 0.1) is 5.92 Å². The first-order valence-electron chi connectivity index (χ1n) is 5.37. The summed E-state index contributed by atoms with van der Waals surface area (Å²) in [6, 6.07) is 7.31. The lowest BCUT2D eigenvalue weighted by Crippen LogP contribution is -2.33. The summed E-state index contributed by atoms with van der Waals surface area (Å²) in [4.78, 5) is 0. The van der Waals surface area contributed by atoms with Gasteiger partial charge in [-0.05, 0) is 43.0 Å². The molecule has 0 atom stereocenters. The highest BCUT2D eigenvalue weighted by atomic mass is 35.5. The van der Waals surface area contributed by atoms with Crippen molar-refractivity contribution in [2.24, 2.45) is 5.92 Å². The van der Waals surface area contributed by atoms with E-state index in [1.807, 2.05) is 12.1 Å². The molecule has 3 heteroatoms. The average Bonchev–Trinajstić information content (AvgIpc) is 2.18. The number of aromatic hydroxyl groups is 1. The Morgan fingerprint density at radius 2 is 1.93 bits per heavy atom. The van der Waals surface area contributed by atoms with Crippen LogP contribution < -0.4 is 5.32 Å². The van der Waals surface area contributed by atoms with E-state index in [4.69, 9.17) is 16.7 Å². The summed E-state index contributed by atoms with van der Waals surface area (Å²) in [7, 11) is 0. The normalized spacial score (nSPS) is 24.9. The average molecular weight is 226 g/mol. The Hall–Kier alpha value is -0.730. The lowest BCUT2D eigenvalue weighted by molar-refractivity contribution is 0.308. The zero-order valence-corrected chi connectivity index (χ0v) is 9.37. The summed E-state index contributed by atoms with van der Waals surface area (Å²) in [6.07, 6.45) is 2.29. The van der Waals surface area contributed by atoms with Crippen LogP contribution in [0.5, 0.6) is 5.75 Å². The first-order valence-corrected chi connectivity index (χ1v) is 5.80. The van der Waals surface area contributed by atoms with E-state index in [0.717, 1.165) is 31.8 Å². The monoisotopic (exact) mass is 225 g/mol. The fourth-order valence-electron chi connectivity index (χ4n) is 1.86. The topological polar surface area (TPSA) is 32.3 Å². The molecule has 0 heterocycles. The third kappa shape index (κ3) is 3.11. The van der Waals surface area contributed by atoms with Crippen molar-refractivity contribution in [3.8, 4) is 5.75 Å². The summed E-state index contributed by atoms with van der Waals surface area (Å²) in [5.74, 6) is 1.08. The molecule has 0 spiro atoms. The second kappa shape index (κ2) is 4.86. The third-order valence-corrected chi connectivity index (χ3v) is 3.23. The molecular weight excluding hydrogens is 210 g/mol. The van der Waals surface area contributed by atoms with Crippen molar-refractivity contribution >= 4 is 11.6 Å². The zero-order valence-electron chi connectivity index (χ0n) is 8.62. The molecule has 2 nitrogen and oxygen atoms in total. The van der Waals surface area contributed by atoms with Crippen LogP contribution in [0.2, 0.25) is 0 Å². The van der Waals surface area contributed by atoms with Crippen molar-refractivity contribution < 1.29 is 5.11 Å². The first kappa shape index (κ1) is 10.8. The molecule has 0 saturated heterocycles. The predicted molar refractivity (Wildman–Crippen MR) is 62.2 cm³/mol. The number of nitrogens with one attached hydrogen (secondary N) is 1. The molecule has 1 aliphatic carbocycles. The molecule has 2 N–H and O–H groups in total. The van der Waals surface area contributed by atoms with Crippen LogP contribution >= 0.6 is 11.6 Å². The largest absolute Gasteiger partial charge is 0.508 e. The van der Waals surface area contributed by atoms with Crippen LogP contribution in [0.1, 0.15) is 18.4 Å². The molecule has 1 saturated carbocycles. The summed E-state index contributed by atoms with van der Waals surface area (Å²) >= 11 is 5.90. The van der Waals surface area contributed by atoms with Gasteiger partial charge in [0.05, 0.1) is 0 Å². The van der Waals surface area contributed by atoms with Gasteiger partial charge in [0.2, 0.25) is 0 Å². The van der Waals surface area contributed by atoms with E-state index in [1.54, 1.807) is 12.1 Å². The van der Waals surface area contributed by atoms with Gasteiger partial charge in [-0.2, -0.15) is 0 Å². The van der Waals surface area contributed by atoms with Gasteiger partial charge in [0.1, 0.15) is 5.75 Å². The fourth-order valence-corrected chi connectivity index (χ4v) is 2.36. The van der Waals surface area contributed by atoms with Crippen LogP contribution in [-0.2, 0) is 6.54 Å². The fraction of sp³-hybridized carbons (Fsp3) is 0.500. The highest BCUT2D eigenvalue weighted by Gasteiger charge is 2.26. The Kier molecular flexibility index (Phi) is 3.49. The van der Waals surface area contributed by atoms with Gasteiger partial charge in [0.15, 0.2) is 0 Å². The van der Waals surface area contributed by atoms with E-state index in [9.17, 15) is 0 Å². The number of halogens is 1. The van der Waals surface area contributed by atoms with E-state index >= 15 is 0 Å². The van der Waals surface area contributed by atoms with E-state index in [-0.39, 0.29) is 0 Å². The lowest BCUT2D eigenvalue weighted by atomic mass is 9.85. The predicted octanol–water partition coefficient (Wildman–Crippen LogP) is 2.50. The molecule has 1 aliphatic rings. The van der Waals surface area contributed by atoms with Crippen LogP contribution in [0.4, 0.5) is 0 Å². The molecule has 1 fully saturated rings. The first-order chi connectivity index (χ1) is 7.24. The van der Waals surface area contributed by atoms with E-state index in [2.05, 4.69) is 5.32 Å². The van der Waals surface area contributed by atoms with E-state index in [1.165, 1.54) is 5.56 Å². The molecule has 0 aliphatic heterocycles. The van der Waals surface area contributed by atoms with E-state index < -0.39 is 0 Å². The summed E-state index contributed by atoms with van der Waals surface area (Å²) in [5.41, 5.74) is 1.20. The minimum absolute atomic E-state index is 0.322. The maximum absolute atomic E-state index is 9.11. The van der Waals surface area contributed by atoms with Gasteiger partial charge >= 0.3 is 0 Å². The van der Waals surface area contributed by atoms with Gasteiger partial charge in [-0.25, -0.2) is 0 Å². The standard InChI is InChI=1S/C12H16ClNO/c13-11-5-10(6-11)8-14-7-9-1-3-12(15)4-2-9/h1-4,10-11,14-15H,5-8H2. The zero-order chi connectivity index (χ0) is 10.7. The maximum atomic E-state index is 9.11. The summed E-state index contributed by atoms with van der Waals surface area (Å²) in [6.45, 7) is 1.91. The Morgan fingerprint density at radius 3 is 2.53 bits per heavy atom. The van der Waals surface area contributed by atoms with Crippen molar-refractivity contribution in [2.75, 3.05) is 6.54 Å². The van der Waals surface area contributed by atoms with Gasteiger partial charge in [-0.1, -0.05) is 12.1 Å². The molecule has 2 rings (SSSR count). The Labute approximate surface area is 95.3 Å². The highest BCUT2D eigenvalue weighted by Crippen LogP contribution is 2.31. The molecule has 0 amide bonds. The number of hydrogen-bond donors (Lipinski definition) is 2. The summed E-state index contributed by atoms with van der Waals surface area (Å²) < 4.78 is 0. The summed E-state index contributed by atoms with van der Waals surface area (Å²) in [5, 5.41) is 12.9. The van der Waals surface area contributed by atoms with Crippen LogP contribution in [0.25, 0.3) is 0 Å². The third-order valence-electron chi connectivity index (χ3n) is 2.88. The number of benzene rings is 1. The van der Waals surface area contributed by atoms with Crippen molar-refractivity contribution in [3.63, 3.8) is 0 Å². The molecular formula is C12H16ClNO. The van der Waals surface area contributed by atoms with Crippen molar-refractivity contribution in [2.45, 2.75) is 24.8 Å². The SMILES string of the molecule is Oc1ccc(CNCC2CC(Cl)C2)cc1. The Bertz CT molecular complexity index is 306. The lowest BCUT2D eigenvalue weighted by Gasteiger charge is -2.30. The smallest absolute Gasteiger partial charge is 0.115 e. The van der Waals surface area contributed by atoms with E-state index in [0.29, 0.717) is 11.1 Å². The highest BCUT2D eigenvalue weighted by molar-refractivity contribution is 6.21. The molecule has 15 heavy (non-hydrogen) atoms. The van der Waals surface area contributed by atoms with Gasteiger partial charge in [0, 0.05) is 11.9 Å². The number of rotatable bonds is 4. The van der Waals surface area contributed by atoms with Crippen LogP contribution in [-0.4, -0.2) is 17.0 Å². The Balaban J connectivity index is 1.67. The molecule has 0 aromatic heterocycles. The number of phenols is 1. The molecule has 1 aromatic carbocycles. The number of alkyl halides is 1. The molecule has 0 unspecified atom stereocenters. The van der Waals surface area contributed by atoms with Crippen LogP contribution in [0.15, 0.2) is 24.3 Å². The van der Waals surface area contributed by atoms with Crippen LogP contribution in [0.3, 0.4) is 0 Å². The van der Waals surface area contributed by atoms with Gasteiger partial charge in [-0.15, -0.1) is 11.6 Å². The second-order valence-electron chi connectivity index (χ2n) is 4.23.